The van der Waals surface area contributed by atoms with Crippen molar-refractivity contribution in [2.45, 2.75) is 19.3 Å². The van der Waals surface area contributed by atoms with Gasteiger partial charge < -0.3 is 4.90 Å². The van der Waals surface area contributed by atoms with Crippen LogP contribution in [0.5, 0.6) is 0 Å². The summed E-state index contributed by atoms with van der Waals surface area (Å²) in [5.74, 6) is 0.0931. The first kappa shape index (κ1) is 15.6. The lowest BCUT2D eigenvalue weighted by Crippen LogP contribution is -2.43. The SMILES string of the molecule is Cc1ccc2c(c1)N(C)C(=O)[C@@](C)(c1ccccc1)c1ccccc1-2. The van der Waals surface area contributed by atoms with Gasteiger partial charge in [-0.05, 0) is 42.2 Å². The molecule has 1 atom stereocenters. The zero-order chi connectivity index (χ0) is 17.6. The molecule has 0 bridgehead atoms. The number of benzene rings is 3. The summed E-state index contributed by atoms with van der Waals surface area (Å²) in [6.45, 7) is 4.10. The number of hydrogen-bond acceptors (Lipinski definition) is 1. The van der Waals surface area contributed by atoms with Crippen LogP contribution >= 0.6 is 0 Å². The van der Waals surface area contributed by atoms with Crippen LogP contribution in [-0.2, 0) is 10.2 Å². The lowest BCUT2D eigenvalue weighted by Gasteiger charge is -2.32. The van der Waals surface area contributed by atoms with Gasteiger partial charge in [0.25, 0.3) is 0 Å². The second-order valence-corrected chi connectivity index (χ2v) is 6.92. The summed E-state index contributed by atoms with van der Waals surface area (Å²) in [5.41, 5.74) is 5.71. The Kier molecular flexibility index (Phi) is 3.50. The van der Waals surface area contributed by atoms with E-state index in [-0.39, 0.29) is 5.91 Å². The smallest absolute Gasteiger partial charge is 0.241 e. The van der Waals surface area contributed by atoms with Crippen molar-refractivity contribution in [3.8, 4) is 11.1 Å². The molecule has 124 valence electrons. The van der Waals surface area contributed by atoms with Crippen molar-refractivity contribution >= 4 is 11.6 Å². The van der Waals surface area contributed by atoms with E-state index < -0.39 is 5.41 Å². The lowest BCUT2D eigenvalue weighted by atomic mass is 9.73. The van der Waals surface area contributed by atoms with Crippen molar-refractivity contribution in [3.63, 3.8) is 0 Å². The number of anilines is 1. The fourth-order valence-electron chi connectivity index (χ4n) is 3.91. The summed E-state index contributed by atoms with van der Waals surface area (Å²) in [4.78, 5) is 15.4. The molecule has 0 fully saturated rings. The van der Waals surface area contributed by atoms with Crippen LogP contribution < -0.4 is 4.90 Å². The molecular weight excluding hydrogens is 306 g/mol. The molecule has 1 aliphatic rings. The van der Waals surface area contributed by atoms with Crippen LogP contribution in [0, 0.1) is 6.92 Å². The van der Waals surface area contributed by atoms with Gasteiger partial charge in [0.15, 0.2) is 0 Å². The van der Waals surface area contributed by atoms with Gasteiger partial charge in [-0.3, -0.25) is 4.79 Å². The molecule has 0 radical (unpaired) electrons. The average molecular weight is 327 g/mol. The van der Waals surface area contributed by atoms with Gasteiger partial charge in [-0.25, -0.2) is 0 Å². The maximum absolute atomic E-state index is 13.6. The van der Waals surface area contributed by atoms with E-state index in [0.29, 0.717) is 0 Å². The Labute approximate surface area is 148 Å². The molecule has 3 aromatic carbocycles. The molecule has 3 aromatic rings. The van der Waals surface area contributed by atoms with E-state index in [1.807, 2.05) is 61.3 Å². The third-order valence-electron chi connectivity index (χ3n) is 5.35. The average Bonchev–Trinajstić information content (AvgIpc) is 2.72. The number of carbonyl (C=O) groups excluding carboxylic acids is 1. The predicted molar refractivity (Wildman–Crippen MR) is 103 cm³/mol. The number of rotatable bonds is 1. The highest BCUT2D eigenvalue weighted by Crippen LogP contribution is 2.46. The number of fused-ring (bicyclic) bond motifs is 3. The Hall–Kier alpha value is -2.87. The van der Waals surface area contributed by atoms with Crippen LogP contribution in [0.15, 0.2) is 72.8 Å². The molecule has 4 rings (SSSR count). The van der Waals surface area contributed by atoms with Gasteiger partial charge in [0.05, 0.1) is 11.1 Å². The Balaban J connectivity index is 2.09. The monoisotopic (exact) mass is 327 g/mol. The van der Waals surface area contributed by atoms with Crippen LogP contribution in [0.1, 0.15) is 23.6 Å². The van der Waals surface area contributed by atoms with Crippen molar-refractivity contribution in [1.29, 1.82) is 0 Å². The third-order valence-corrected chi connectivity index (χ3v) is 5.35. The number of likely N-dealkylation sites (N-methyl/N-ethyl adjacent to an activating group) is 1. The lowest BCUT2D eigenvalue weighted by molar-refractivity contribution is -0.121. The van der Waals surface area contributed by atoms with Crippen LogP contribution in [0.4, 0.5) is 5.69 Å². The van der Waals surface area contributed by atoms with E-state index in [4.69, 9.17) is 0 Å². The van der Waals surface area contributed by atoms with Gasteiger partial charge >= 0.3 is 0 Å². The summed E-state index contributed by atoms with van der Waals surface area (Å²) < 4.78 is 0. The van der Waals surface area contributed by atoms with Crippen LogP contribution in [-0.4, -0.2) is 13.0 Å². The zero-order valence-electron chi connectivity index (χ0n) is 14.8. The molecule has 2 heteroatoms. The fraction of sp³-hybridized carbons (Fsp3) is 0.174. The molecule has 25 heavy (non-hydrogen) atoms. The summed E-state index contributed by atoms with van der Waals surface area (Å²) in [6.07, 6.45) is 0. The van der Waals surface area contributed by atoms with Crippen molar-refractivity contribution < 1.29 is 4.79 Å². The van der Waals surface area contributed by atoms with Crippen molar-refractivity contribution in [3.05, 3.63) is 89.5 Å². The highest BCUT2D eigenvalue weighted by Gasteiger charge is 2.43. The highest BCUT2D eigenvalue weighted by atomic mass is 16.2. The Morgan fingerprint density at radius 1 is 0.840 bits per heavy atom. The first-order chi connectivity index (χ1) is 12.0. The summed E-state index contributed by atoms with van der Waals surface area (Å²) in [5, 5.41) is 0. The van der Waals surface area contributed by atoms with Crippen LogP contribution in [0.3, 0.4) is 0 Å². The largest absolute Gasteiger partial charge is 0.314 e. The Morgan fingerprint density at radius 2 is 1.52 bits per heavy atom. The standard InChI is InChI=1S/C23H21NO/c1-16-13-14-19-18-11-7-8-12-20(18)23(2,17-9-5-4-6-10-17)22(25)24(3)21(19)15-16/h4-15H,1-3H3/t23-/m0/s1. The second-order valence-electron chi connectivity index (χ2n) is 6.92. The number of nitrogens with zero attached hydrogens (tertiary/aromatic N) is 1. The summed E-state index contributed by atoms with van der Waals surface area (Å²) >= 11 is 0. The first-order valence-electron chi connectivity index (χ1n) is 8.57. The molecule has 0 aliphatic carbocycles. The first-order valence-corrected chi connectivity index (χ1v) is 8.57. The Bertz CT molecular complexity index is 961. The van der Waals surface area contributed by atoms with Crippen molar-refractivity contribution in [1.82, 2.24) is 0 Å². The van der Waals surface area contributed by atoms with E-state index in [1.54, 1.807) is 0 Å². The van der Waals surface area contributed by atoms with E-state index >= 15 is 0 Å². The third kappa shape index (κ3) is 2.21. The molecule has 0 unspecified atom stereocenters. The number of hydrogen-bond donors (Lipinski definition) is 0. The fourth-order valence-corrected chi connectivity index (χ4v) is 3.91. The van der Waals surface area contributed by atoms with E-state index in [9.17, 15) is 4.79 Å². The minimum absolute atomic E-state index is 0.0931. The molecule has 0 N–H and O–H groups in total. The minimum Gasteiger partial charge on any atom is -0.314 e. The highest BCUT2D eigenvalue weighted by molar-refractivity contribution is 6.09. The maximum atomic E-state index is 13.6. The van der Waals surface area contributed by atoms with Gasteiger partial charge in [0.2, 0.25) is 5.91 Å². The van der Waals surface area contributed by atoms with Crippen molar-refractivity contribution in [2.24, 2.45) is 0 Å². The molecule has 0 saturated heterocycles. The van der Waals surface area contributed by atoms with Gasteiger partial charge in [-0.15, -0.1) is 0 Å². The quantitative estimate of drug-likeness (QED) is 0.619. The molecule has 0 spiro atoms. The van der Waals surface area contributed by atoms with E-state index in [2.05, 4.69) is 37.3 Å². The zero-order valence-corrected chi connectivity index (χ0v) is 14.8. The number of aryl methyl sites for hydroxylation is 1. The van der Waals surface area contributed by atoms with Gasteiger partial charge in [0.1, 0.15) is 0 Å². The molecule has 0 aromatic heterocycles. The van der Waals surface area contributed by atoms with Gasteiger partial charge in [-0.1, -0.05) is 66.7 Å². The topological polar surface area (TPSA) is 20.3 Å². The Morgan fingerprint density at radius 3 is 2.28 bits per heavy atom. The van der Waals surface area contributed by atoms with Crippen molar-refractivity contribution in [2.75, 3.05) is 11.9 Å². The number of carbonyl (C=O) groups is 1. The second kappa shape index (κ2) is 5.59. The summed E-state index contributed by atoms with van der Waals surface area (Å²) in [6, 6.07) is 24.7. The number of amides is 1. The van der Waals surface area contributed by atoms with Gasteiger partial charge in [-0.2, -0.15) is 0 Å². The van der Waals surface area contributed by atoms with E-state index in [0.717, 1.165) is 33.5 Å². The van der Waals surface area contributed by atoms with Crippen LogP contribution in [0.2, 0.25) is 0 Å². The molecule has 2 nitrogen and oxygen atoms in total. The van der Waals surface area contributed by atoms with Crippen LogP contribution in [0.25, 0.3) is 11.1 Å². The predicted octanol–water partition coefficient (Wildman–Crippen LogP) is 4.94. The molecule has 0 saturated carbocycles. The molecule has 1 heterocycles. The summed E-state index contributed by atoms with van der Waals surface area (Å²) in [7, 11) is 1.88. The minimum atomic E-state index is -0.723. The molecular formula is C23H21NO. The van der Waals surface area contributed by atoms with Gasteiger partial charge in [0, 0.05) is 12.6 Å². The normalized spacial score (nSPS) is 19.2. The molecule has 1 aliphatic heterocycles. The maximum Gasteiger partial charge on any atom is 0.241 e. The molecule has 1 amide bonds. The van der Waals surface area contributed by atoms with E-state index in [1.165, 1.54) is 0 Å².